The Balaban J connectivity index is 2.66. The Bertz CT molecular complexity index is 551. The molecule has 5 heteroatoms. The first-order valence-corrected chi connectivity index (χ1v) is 5.77. The molecular weight excluding hydrogens is 244 g/mol. The first kappa shape index (κ1) is 11.1. The summed E-state index contributed by atoms with van der Waals surface area (Å²) in [6.45, 7) is 1.82. The molecule has 2 rings (SSSR count). The van der Waals surface area contributed by atoms with Crippen molar-refractivity contribution < 1.29 is 4.79 Å². The zero-order valence-electron chi connectivity index (χ0n) is 8.53. The molecule has 0 spiro atoms. The number of benzene rings is 1. The zero-order valence-corrected chi connectivity index (χ0v) is 10.1. The molecular formula is C11H9ClN2OS. The van der Waals surface area contributed by atoms with E-state index < -0.39 is 5.91 Å². The number of hydrogen-bond acceptors (Lipinski definition) is 3. The number of halogens is 1. The summed E-state index contributed by atoms with van der Waals surface area (Å²) in [5.74, 6) is -0.471. The molecule has 1 aromatic heterocycles. The van der Waals surface area contributed by atoms with E-state index in [1.54, 1.807) is 6.07 Å². The van der Waals surface area contributed by atoms with Crippen molar-refractivity contribution in [2.75, 3.05) is 0 Å². The number of aromatic nitrogens is 1. The van der Waals surface area contributed by atoms with Crippen molar-refractivity contribution in [3.05, 3.63) is 39.7 Å². The van der Waals surface area contributed by atoms with Crippen molar-refractivity contribution in [2.24, 2.45) is 5.73 Å². The molecule has 0 aliphatic rings. The maximum atomic E-state index is 11.3. The number of aryl methyl sites for hydroxylation is 1. The summed E-state index contributed by atoms with van der Waals surface area (Å²) >= 11 is 7.31. The van der Waals surface area contributed by atoms with Gasteiger partial charge in [0.25, 0.3) is 5.91 Å². The van der Waals surface area contributed by atoms with Gasteiger partial charge < -0.3 is 5.73 Å². The predicted molar refractivity (Wildman–Crippen MR) is 65.8 cm³/mol. The van der Waals surface area contributed by atoms with Gasteiger partial charge in [0.05, 0.1) is 16.3 Å². The molecule has 82 valence electrons. The highest BCUT2D eigenvalue weighted by Gasteiger charge is 2.18. The van der Waals surface area contributed by atoms with E-state index in [-0.39, 0.29) is 0 Å². The number of nitrogens with two attached hydrogens (primary N) is 1. The summed E-state index contributed by atoms with van der Waals surface area (Å²) in [5, 5.41) is 0.565. The monoisotopic (exact) mass is 252 g/mol. The second-order valence-corrected chi connectivity index (χ2v) is 4.69. The number of rotatable bonds is 2. The first-order chi connectivity index (χ1) is 7.61. The van der Waals surface area contributed by atoms with Crippen LogP contribution in [-0.4, -0.2) is 10.3 Å². The topological polar surface area (TPSA) is 56.0 Å². The van der Waals surface area contributed by atoms with Crippen LogP contribution in [0.4, 0.5) is 0 Å². The Morgan fingerprint density at radius 2 is 2.12 bits per heavy atom. The normalized spacial score (nSPS) is 10.4. The van der Waals surface area contributed by atoms with Gasteiger partial charge in [-0.1, -0.05) is 29.8 Å². The van der Waals surface area contributed by atoms with Gasteiger partial charge >= 0.3 is 0 Å². The van der Waals surface area contributed by atoms with E-state index in [2.05, 4.69) is 4.37 Å². The number of amides is 1. The van der Waals surface area contributed by atoms with Gasteiger partial charge in [-0.2, -0.15) is 4.37 Å². The Kier molecular flexibility index (Phi) is 2.94. The SMILES string of the molecule is Cc1snc(-c2ccccc2Cl)c1C(N)=O. The van der Waals surface area contributed by atoms with Crippen LogP contribution in [0.25, 0.3) is 11.3 Å². The zero-order chi connectivity index (χ0) is 11.7. The summed E-state index contributed by atoms with van der Waals surface area (Å²) in [6.07, 6.45) is 0. The molecule has 1 heterocycles. The third-order valence-electron chi connectivity index (χ3n) is 2.24. The summed E-state index contributed by atoms with van der Waals surface area (Å²) < 4.78 is 4.22. The molecule has 1 amide bonds. The van der Waals surface area contributed by atoms with E-state index in [1.807, 2.05) is 25.1 Å². The van der Waals surface area contributed by atoms with Crippen LogP contribution in [0.3, 0.4) is 0 Å². The van der Waals surface area contributed by atoms with E-state index in [0.29, 0.717) is 16.3 Å². The maximum absolute atomic E-state index is 11.3. The quantitative estimate of drug-likeness (QED) is 0.894. The first-order valence-electron chi connectivity index (χ1n) is 4.62. The van der Waals surface area contributed by atoms with Crippen LogP contribution in [0.1, 0.15) is 15.2 Å². The largest absolute Gasteiger partial charge is 0.365 e. The number of nitrogens with zero attached hydrogens (tertiary/aromatic N) is 1. The molecule has 0 radical (unpaired) electrons. The summed E-state index contributed by atoms with van der Waals surface area (Å²) in [5.41, 5.74) is 7.10. The van der Waals surface area contributed by atoms with Gasteiger partial charge in [-0.15, -0.1) is 0 Å². The van der Waals surface area contributed by atoms with Crippen LogP contribution in [0.15, 0.2) is 24.3 Å². The van der Waals surface area contributed by atoms with Crippen LogP contribution >= 0.6 is 23.1 Å². The standard InChI is InChI=1S/C11H9ClN2OS/c1-6-9(11(13)15)10(14-16-6)7-4-2-3-5-8(7)12/h2-5H,1H3,(H2,13,15). The fourth-order valence-electron chi connectivity index (χ4n) is 1.50. The summed E-state index contributed by atoms with van der Waals surface area (Å²) in [7, 11) is 0. The van der Waals surface area contributed by atoms with Crippen LogP contribution in [0.5, 0.6) is 0 Å². The molecule has 2 aromatic rings. The number of carbonyl (C=O) groups excluding carboxylic acids is 1. The molecule has 0 aliphatic carbocycles. The highest BCUT2D eigenvalue weighted by molar-refractivity contribution is 7.06. The number of hydrogen-bond donors (Lipinski definition) is 1. The molecule has 0 saturated heterocycles. The van der Waals surface area contributed by atoms with Crippen molar-refractivity contribution in [3.63, 3.8) is 0 Å². The maximum Gasteiger partial charge on any atom is 0.252 e. The Hall–Kier alpha value is -1.39. The molecule has 1 aromatic carbocycles. The second-order valence-electron chi connectivity index (χ2n) is 3.31. The van der Waals surface area contributed by atoms with Crippen LogP contribution in [-0.2, 0) is 0 Å². The fourth-order valence-corrected chi connectivity index (χ4v) is 2.43. The predicted octanol–water partition coefficient (Wildman–Crippen LogP) is 2.87. The molecule has 2 N–H and O–H groups in total. The average molecular weight is 253 g/mol. The van der Waals surface area contributed by atoms with Crippen LogP contribution in [0, 0.1) is 6.92 Å². The lowest BCUT2D eigenvalue weighted by atomic mass is 10.1. The lowest BCUT2D eigenvalue weighted by Gasteiger charge is -2.02. The highest BCUT2D eigenvalue weighted by atomic mass is 35.5. The second kappa shape index (κ2) is 4.23. The molecule has 0 fully saturated rings. The lowest BCUT2D eigenvalue weighted by Crippen LogP contribution is -2.12. The van der Waals surface area contributed by atoms with Crippen LogP contribution < -0.4 is 5.73 Å². The van der Waals surface area contributed by atoms with Gasteiger partial charge in [0.2, 0.25) is 0 Å². The number of primary amides is 1. The van der Waals surface area contributed by atoms with Gasteiger partial charge in [-0.05, 0) is 24.5 Å². The minimum Gasteiger partial charge on any atom is -0.365 e. The van der Waals surface area contributed by atoms with Crippen LogP contribution in [0.2, 0.25) is 5.02 Å². The molecule has 0 saturated carbocycles. The van der Waals surface area contributed by atoms with E-state index >= 15 is 0 Å². The third-order valence-corrected chi connectivity index (χ3v) is 3.32. The van der Waals surface area contributed by atoms with E-state index in [9.17, 15) is 4.79 Å². The molecule has 0 atom stereocenters. The van der Waals surface area contributed by atoms with Gasteiger partial charge in [0, 0.05) is 10.4 Å². The number of carbonyl (C=O) groups is 1. The molecule has 0 bridgehead atoms. The molecule has 16 heavy (non-hydrogen) atoms. The smallest absolute Gasteiger partial charge is 0.252 e. The third kappa shape index (κ3) is 1.81. The van der Waals surface area contributed by atoms with Gasteiger partial charge in [0.1, 0.15) is 0 Å². The highest BCUT2D eigenvalue weighted by Crippen LogP contribution is 2.32. The van der Waals surface area contributed by atoms with Crippen molar-refractivity contribution in [1.29, 1.82) is 0 Å². The van der Waals surface area contributed by atoms with Gasteiger partial charge in [-0.25, -0.2) is 0 Å². The van der Waals surface area contributed by atoms with Crippen molar-refractivity contribution in [1.82, 2.24) is 4.37 Å². The summed E-state index contributed by atoms with van der Waals surface area (Å²) in [4.78, 5) is 12.1. The minimum absolute atomic E-state index is 0.457. The van der Waals surface area contributed by atoms with Crippen molar-refractivity contribution >= 4 is 29.0 Å². The fraction of sp³-hybridized carbons (Fsp3) is 0.0909. The van der Waals surface area contributed by atoms with Crippen molar-refractivity contribution in [2.45, 2.75) is 6.92 Å². The van der Waals surface area contributed by atoms with E-state index in [0.717, 1.165) is 10.4 Å². The van der Waals surface area contributed by atoms with E-state index in [1.165, 1.54) is 11.5 Å². The van der Waals surface area contributed by atoms with Gasteiger partial charge in [-0.3, -0.25) is 4.79 Å². The Morgan fingerprint density at radius 3 is 2.75 bits per heavy atom. The Morgan fingerprint density at radius 1 is 1.44 bits per heavy atom. The van der Waals surface area contributed by atoms with Crippen molar-refractivity contribution in [3.8, 4) is 11.3 Å². The Labute approximate surface area is 102 Å². The molecule has 0 unspecified atom stereocenters. The molecule has 0 aliphatic heterocycles. The lowest BCUT2D eigenvalue weighted by molar-refractivity contribution is 0.100. The van der Waals surface area contributed by atoms with Gasteiger partial charge in [0.15, 0.2) is 0 Å². The summed E-state index contributed by atoms with van der Waals surface area (Å²) in [6, 6.07) is 7.26. The minimum atomic E-state index is -0.471. The molecule has 3 nitrogen and oxygen atoms in total. The average Bonchev–Trinajstić information content (AvgIpc) is 2.61. The van der Waals surface area contributed by atoms with E-state index in [4.69, 9.17) is 17.3 Å².